The summed E-state index contributed by atoms with van der Waals surface area (Å²) in [6, 6.07) is 2.54. The van der Waals surface area contributed by atoms with Crippen molar-refractivity contribution < 1.29 is 35.9 Å². The van der Waals surface area contributed by atoms with Crippen LogP contribution in [0, 0.1) is 17.5 Å². The molecule has 0 aliphatic heterocycles. The van der Waals surface area contributed by atoms with Gasteiger partial charge in [0.1, 0.15) is 28.2 Å². The number of rotatable bonds is 6. The summed E-state index contributed by atoms with van der Waals surface area (Å²) in [5.74, 6) is -5.77. The van der Waals surface area contributed by atoms with Crippen molar-refractivity contribution in [2.75, 3.05) is 0 Å². The van der Waals surface area contributed by atoms with Crippen molar-refractivity contribution in [3.63, 3.8) is 0 Å². The number of carbonyl (C=O) groups excluding carboxylic acids is 2. The lowest BCUT2D eigenvalue weighted by Crippen LogP contribution is -2.23. The van der Waals surface area contributed by atoms with Gasteiger partial charge in [-0.25, -0.2) is 13.2 Å². The van der Waals surface area contributed by atoms with Crippen LogP contribution >= 0.6 is 11.3 Å². The summed E-state index contributed by atoms with van der Waals surface area (Å²) in [4.78, 5) is 27.2. The summed E-state index contributed by atoms with van der Waals surface area (Å²) in [6.45, 7) is -0.152. The summed E-state index contributed by atoms with van der Waals surface area (Å²) in [5.41, 5.74) is -2.46. The molecule has 4 aromatic rings. The molecule has 1 aromatic carbocycles. The largest absolute Gasteiger partial charge is 0.435 e. The van der Waals surface area contributed by atoms with Crippen molar-refractivity contribution in [3.8, 4) is 10.7 Å². The Morgan fingerprint density at radius 2 is 1.74 bits per heavy atom. The number of amides is 1. The summed E-state index contributed by atoms with van der Waals surface area (Å²) < 4.78 is 78.7. The highest BCUT2D eigenvalue weighted by Crippen LogP contribution is 2.31. The van der Waals surface area contributed by atoms with E-state index in [1.807, 2.05) is 0 Å². The van der Waals surface area contributed by atoms with Gasteiger partial charge in [-0.2, -0.15) is 18.3 Å². The minimum absolute atomic E-state index is 0.00446. The topological polar surface area (TPSA) is 116 Å². The smallest absolute Gasteiger partial charge is 0.356 e. The Balaban J connectivity index is 1.41. The molecule has 0 unspecified atom stereocenters. The normalized spacial score (nSPS) is 11.6. The number of ketones is 1. The second-order valence-electron chi connectivity index (χ2n) is 6.72. The Morgan fingerprint density at radius 3 is 2.38 bits per heavy atom. The van der Waals surface area contributed by atoms with Gasteiger partial charge in [0.2, 0.25) is 0 Å². The number of hydrogen-bond donors (Lipinski definition) is 3. The molecule has 0 bridgehead atoms. The molecule has 1 amide bonds. The molecule has 0 fully saturated rings. The second kappa shape index (κ2) is 8.74. The average Bonchev–Trinajstić information content (AvgIpc) is 3.51. The molecule has 0 aliphatic carbocycles. The van der Waals surface area contributed by atoms with E-state index in [0.717, 1.165) is 29.7 Å². The zero-order chi connectivity index (χ0) is 24.6. The molecule has 0 radical (unpaired) electrons. The lowest BCUT2D eigenvalue weighted by Gasteiger charge is -2.03. The molecule has 3 heterocycles. The highest BCUT2D eigenvalue weighted by atomic mass is 32.1. The number of H-pyrrole nitrogens is 2. The molecule has 0 atom stereocenters. The lowest BCUT2D eigenvalue weighted by molar-refractivity contribution is -0.141. The maximum absolute atomic E-state index is 13.8. The van der Waals surface area contributed by atoms with Crippen molar-refractivity contribution in [2.45, 2.75) is 12.7 Å². The molecule has 0 spiro atoms. The van der Waals surface area contributed by atoms with E-state index in [-0.39, 0.29) is 33.5 Å². The highest BCUT2D eigenvalue weighted by Gasteiger charge is 2.34. The van der Waals surface area contributed by atoms with E-state index in [2.05, 4.69) is 30.7 Å². The maximum Gasteiger partial charge on any atom is 0.435 e. The first-order chi connectivity index (χ1) is 16.0. The summed E-state index contributed by atoms with van der Waals surface area (Å²) in [6.07, 6.45) is -3.57. The number of hydrogen-bond acceptors (Lipinski definition) is 6. The third-order valence-electron chi connectivity index (χ3n) is 4.39. The maximum atomic E-state index is 13.8. The van der Waals surface area contributed by atoms with E-state index in [0.29, 0.717) is 12.1 Å². The molecular formula is C19H10F6N6O2S. The van der Waals surface area contributed by atoms with Gasteiger partial charge in [-0.15, -0.1) is 10.2 Å². The second-order valence-corrected chi connectivity index (χ2v) is 7.79. The predicted octanol–water partition coefficient (Wildman–Crippen LogP) is 3.85. The molecule has 0 saturated carbocycles. The summed E-state index contributed by atoms with van der Waals surface area (Å²) in [7, 11) is 0. The van der Waals surface area contributed by atoms with Gasteiger partial charge in [0.25, 0.3) is 5.91 Å². The SMILES string of the molecule is O=C(NCc1nnc(-c2cc(C(F)(F)F)n[nH]2)s1)c1cc(C(=O)c2c(F)cc(F)cc2F)c[nH]1. The minimum Gasteiger partial charge on any atom is -0.356 e. The van der Waals surface area contributed by atoms with Crippen LogP contribution in [0.1, 0.15) is 37.1 Å². The molecule has 8 nitrogen and oxygen atoms in total. The van der Waals surface area contributed by atoms with Gasteiger partial charge in [0.05, 0.1) is 17.8 Å². The van der Waals surface area contributed by atoms with E-state index in [9.17, 15) is 35.9 Å². The van der Waals surface area contributed by atoms with Crippen LogP contribution < -0.4 is 5.32 Å². The number of benzene rings is 1. The van der Waals surface area contributed by atoms with Gasteiger partial charge in [0, 0.05) is 23.9 Å². The van der Waals surface area contributed by atoms with Crippen LogP contribution in [-0.4, -0.2) is 37.1 Å². The fraction of sp³-hybridized carbons (Fsp3) is 0.105. The van der Waals surface area contributed by atoms with Crippen molar-refractivity contribution >= 4 is 23.0 Å². The fourth-order valence-electron chi connectivity index (χ4n) is 2.82. The summed E-state index contributed by atoms with van der Waals surface area (Å²) in [5, 5.41) is 15.7. The van der Waals surface area contributed by atoms with Crippen molar-refractivity contribution in [1.82, 2.24) is 30.7 Å². The lowest BCUT2D eigenvalue weighted by atomic mass is 10.0. The Morgan fingerprint density at radius 1 is 1.03 bits per heavy atom. The van der Waals surface area contributed by atoms with E-state index in [1.165, 1.54) is 0 Å². The van der Waals surface area contributed by atoms with Gasteiger partial charge in [-0.1, -0.05) is 11.3 Å². The van der Waals surface area contributed by atoms with Crippen LogP contribution in [0.25, 0.3) is 10.7 Å². The average molecular weight is 500 g/mol. The molecule has 3 N–H and O–H groups in total. The minimum atomic E-state index is -4.62. The molecule has 0 saturated heterocycles. The molecule has 15 heteroatoms. The predicted molar refractivity (Wildman–Crippen MR) is 104 cm³/mol. The molecular weight excluding hydrogens is 490 g/mol. The molecule has 4 rings (SSSR count). The highest BCUT2D eigenvalue weighted by molar-refractivity contribution is 7.14. The number of carbonyl (C=O) groups is 2. The van der Waals surface area contributed by atoms with Crippen LogP contribution in [0.5, 0.6) is 0 Å². The Labute approximate surface area is 189 Å². The molecule has 3 aromatic heterocycles. The summed E-state index contributed by atoms with van der Waals surface area (Å²) >= 11 is 0.905. The van der Waals surface area contributed by atoms with Crippen molar-refractivity contribution in [2.24, 2.45) is 0 Å². The van der Waals surface area contributed by atoms with E-state index in [1.54, 1.807) is 0 Å². The fourth-order valence-corrected chi connectivity index (χ4v) is 3.57. The van der Waals surface area contributed by atoms with Crippen LogP contribution in [-0.2, 0) is 12.7 Å². The van der Waals surface area contributed by atoms with E-state index < -0.39 is 46.6 Å². The number of nitrogens with zero attached hydrogens (tertiary/aromatic N) is 3. The Kier molecular flexibility index (Phi) is 5.95. The number of aromatic nitrogens is 5. The molecule has 34 heavy (non-hydrogen) atoms. The van der Waals surface area contributed by atoms with Gasteiger partial charge in [-0.3, -0.25) is 14.7 Å². The van der Waals surface area contributed by atoms with Crippen LogP contribution in [0.4, 0.5) is 26.3 Å². The van der Waals surface area contributed by atoms with Crippen molar-refractivity contribution in [3.05, 3.63) is 75.4 Å². The van der Waals surface area contributed by atoms with E-state index >= 15 is 0 Å². The van der Waals surface area contributed by atoms with Crippen molar-refractivity contribution in [1.29, 1.82) is 0 Å². The quantitative estimate of drug-likeness (QED) is 0.275. The number of nitrogens with one attached hydrogen (secondary N) is 3. The van der Waals surface area contributed by atoms with Crippen LogP contribution in [0.15, 0.2) is 30.5 Å². The van der Waals surface area contributed by atoms with Gasteiger partial charge < -0.3 is 10.3 Å². The number of alkyl halides is 3. The van der Waals surface area contributed by atoms with Gasteiger partial charge in [0.15, 0.2) is 16.5 Å². The number of aromatic amines is 2. The first-order valence-corrected chi connectivity index (χ1v) is 9.96. The Hall–Kier alpha value is -4.01. The first-order valence-electron chi connectivity index (χ1n) is 9.14. The molecule has 176 valence electrons. The van der Waals surface area contributed by atoms with Gasteiger partial charge >= 0.3 is 6.18 Å². The zero-order valence-electron chi connectivity index (χ0n) is 16.4. The zero-order valence-corrected chi connectivity index (χ0v) is 17.2. The Bertz CT molecular complexity index is 1370. The molecule has 0 aliphatic rings. The van der Waals surface area contributed by atoms with E-state index in [4.69, 9.17) is 0 Å². The van der Waals surface area contributed by atoms with Crippen LogP contribution in [0.3, 0.4) is 0 Å². The first kappa shape index (κ1) is 23.2. The third-order valence-corrected chi connectivity index (χ3v) is 5.35. The van der Waals surface area contributed by atoms with Crippen LogP contribution in [0.2, 0.25) is 0 Å². The standard InChI is InChI=1S/C19H10F6N6O2S/c20-8-2-9(21)15(10(22)3-8)16(32)7-1-11(26-5-7)17(33)27-6-14-30-31-18(34-14)12-4-13(29-28-12)19(23,24)25/h1-5,26H,6H2,(H,27,33)(H,28,29). The third kappa shape index (κ3) is 4.68. The monoisotopic (exact) mass is 500 g/mol. The number of halogens is 6. The van der Waals surface area contributed by atoms with Gasteiger partial charge in [-0.05, 0) is 12.1 Å².